The van der Waals surface area contributed by atoms with Crippen LogP contribution >= 0.6 is 11.6 Å². The highest BCUT2D eigenvalue weighted by Crippen LogP contribution is 2.27. The molecule has 0 saturated carbocycles. The maximum Gasteiger partial charge on any atom is 0.232 e. The molecule has 0 spiro atoms. The average molecular weight is 203 g/mol. The van der Waals surface area contributed by atoms with Gasteiger partial charge >= 0.3 is 0 Å². The van der Waals surface area contributed by atoms with Crippen molar-refractivity contribution in [1.29, 1.82) is 0 Å². The van der Waals surface area contributed by atoms with Crippen LogP contribution in [0.4, 0.5) is 0 Å². The number of nitrogens with zero attached hydrogens (tertiary/aromatic N) is 2. The monoisotopic (exact) mass is 202 g/mol. The van der Waals surface area contributed by atoms with Crippen LogP contribution in [0.3, 0.4) is 0 Å². The van der Waals surface area contributed by atoms with Crippen molar-refractivity contribution in [3.8, 4) is 0 Å². The van der Waals surface area contributed by atoms with E-state index >= 15 is 0 Å². The summed E-state index contributed by atoms with van der Waals surface area (Å²) in [6.45, 7) is 2.71. The van der Waals surface area contributed by atoms with Gasteiger partial charge in [0.25, 0.3) is 0 Å². The second-order valence-electron chi connectivity index (χ2n) is 3.26. The number of hydrogen-bond acceptors (Lipinski definition) is 4. The van der Waals surface area contributed by atoms with Gasteiger partial charge in [-0.2, -0.15) is 4.98 Å². The predicted molar refractivity (Wildman–Crippen MR) is 46.6 cm³/mol. The van der Waals surface area contributed by atoms with E-state index in [0.717, 1.165) is 6.42 Å². The molecule has 2 atom stereocenters. The standard InChI is InChI=1S/C8H11ClN2O2/c1-5-2-6(4-12-5)8-10-7(3-9)11-13-8/h5-6H,2-4H2,1H3. The van der Waals surface area contributed by atoms with Gasteiger partial charge in [0.15, 0.2) is 5.82 Å². The smallest absolute Gasteiger partial charge is 0.232 e. The van der Waals surface area contributed by atoms with Crippen molar-refractivity contribution in [1.82, 2.24) is 10.1 Å². The number of rotatable bonds is 2. The quantitative estimate of drug-likeness (QED) is 0.685. The van der Waals surface area contributed by atoms with Crippen molar-refractivity contribution in [3.63, 3.8) is 0 Å². The summed E-state index contributed by atoms with van der Waals surface area (Å²) in [7, 11) is 0. The lowest BCUT2D eigenvalue weighted by atomic mass is 10.1. The molecule has 1 aromatic rings. The fourth-order valence-electron chi connectivity index (χ4n) is 1.48. The van der Waals surface area contributed by atoms with Crippen LogP contribution in [0.15, 0.2) is 4.52 Å². The molecule has 1 fully saturated rings. The Morgan fingerprint density at radius 3 is 3.00 bits per heavy atom. The summed E-state index contributed by atoms with van der Waals surface area (Å²) in [6.07, 6.45) is 1.24. The van der Waals surface area contributed by atoms with Crippen LogP contribution in [-0.4, -0.2) is 22.9 Å². The fourth-order valence-corrected chi connectivity index (χ4v) is 1.59. The van der Waals surface area contributed by atoms with Gasteiger partial charge in [0.1, 0.15) is 0 Å². The highest BCUT2D eigenvalue weighted by molar-refractivity contribution is 6.16. The Bertz CT molecular complexity index is 289. The Balaban J connectivity index is 2.08. The molecule has 2 heterocycles. The first-order valence-electron chi connectivity index (χ1n) is 4.29. The first kappa shape index (κ1) is 8.97. The lowest BCUT2D eigenvalue weighted by Gasteiger charge is -1.98. The van der Waals surface area contributed by atoms with Crippen molar-refractivity contribution >= 4 is 11.6 Å². The van der Waals surface area contributed by atoms with Gasteiger partial charge < -0.3 is 9.26 Å². The van der Waals surface area contributed by atoms with Gasteiger partial charge in [-0.05, 0) is 13.3 Å². The van der Waals surface area contributed by atoms with E-state index in [1.807, 2.05) is 6.92 Å². The molecule has 0 amide bonds. The largest absolute Gasteiger partial charge is 0.378 e. The topological polar surface area (TPSA) is 48.2 Å². The lowest BCUT2D eigenvalue weighted by molar-refractivity contribution is 0.122. The molecule has 5 heteroatoms. The van der Waals surface area contributed by atoms with Crippen molar-refractivity contribution in [2.75, 3.05) is 6.61 Å². The molecule has 0 aliphatic carbocycles. The molecule has 0 N–H and O–H groups in total. The number of alkyl halides is 1. The number of hydrogen-bond donors (Lipinski definition) is 0. The van der Waals surface area contributed by atoms with Crippen molar-refractivity contribution in [2.45, 2.75) is 31.2 Å². The number of ether oxygens (including phenoxy) is 1. The second kappa shape index (κ2) is 3.64. The van der Waals surface area contributed by atoms with Crippen LogP contribution < -0.4 is 0 Å². The third kappa shape index (κ3) is 1.84. The van der Waals surface area contributed by atoms with E-state index in [0.29, 0.717) is 24.2 Å². The normalized spacial score (nSPS) is 28.2. The molecule has 72 valence electrons. The first-order valence-corrected chi connectivity index (χ1v) is 4.83. The Morgan fingerprint density at radius 2 is 2.46 bits per heavy atom. The number of halogens is 1. The van der Waals surface area contributed by atoms with Gasteiger partial charge in [-0.1, -0.05) is 5.16 Å². The summed E-state index contributed by atoms with van der Waals surface area (Å²) in [4.78, 5) is 4.16. The predicted octanol–water partition coefficient (Wildman–Crippen LogP) is 1.70. The third-order valence-electron chi connectivity index (χ3n) is 2.15. The zero-order chi connectivity index (χ0) is 9.26. The molecule has 1 aromatic heterocycles. The molecule has 0 radical (unpaired) electrons. The summed E-state index contributed by atoms with van der Waals surface area (Å²) in [5, 5.41) is 3.73. The summed E-state index contributed by atoms with van der Waals surface area (Å²) >= 11 is 5.56. The van der Waals surface area contributed by atoms with E-state index in [2.05, 4.69) is 10.1 Å². The molecule has 1 aliphatic rings. The highest BCUT2D eigenvalue weighted by Gasteiger charge is 2.28. The summed E-state index contributed by atoms with van der Waals surface area (Å²) in [5.41, 5.74) is 0. The Kier molecular flexibility index (Phi) is 2.51. The summed E-state index contributed by atoms with van der Waals surface area (Å²) < 4.78 is 10.5. The SMILES string of the molecule is CC1CC(c2nc(CCl)no2)CO1. The molecule has 2 unspecified atom stereocenters. The van der Waals surface area contributed by atoms with E-state index in [-0.39, 0.29) is 12.0 Å². The summed E-state index contributed by atoms with van der Waals surface area (Å²) in [6, 6.07) is 0. The molecule has 1 aliphatic heterocycles. The maximum absolute atomic E-state index is 5.56. The van der Waals surface area contributed by atoms with Crippen molar-refractivity contribution in [2.24, 2.45) is 0 Å². The molecule has 1 saturated heterocycles. The van der Waals surface area contributed by atoms with Crippen molar-refractivity contribution in [3.05, 3.63) is 11.7 Å². The molecular weight excluding hydrogens is 192 g/mol. The van der Waals surface area contributed by atoms with Crippen LogP contribution in [0, 0.1) is 0 Å². The fraction of sp³-hybridized carbons (Fsp3) is 0.750. The van der Waals surface area contributed by atoms with Gasteiger partial charge in [0.05, 0.1) is 24.5 Å². The van der Waals surface area contributed by atoms with Crippen molar-refractivity contribution < 1.29 is 9.26 Å². The maximum atomic E-state index is 5.56. The zero-order valence-corrected chi connectivity index (χ0v) is 8.12. The highest BCUT2D eigenvalue weighted by atomic mass is 35.5. The van der Waals surface area contributed by atoms with Crippen LogP contribution in [0.2, 0.25) is 0 Å². The zero-order valence-electron chi connectivity index (χ0n) is 7.36. The number of aromatic nitrogens is 2. The van der Waals surface area contributed by atoms with Gasteiger partial charge in [0.2, 0.25) is 5.89 Å². The van der Waals surface area contributed by atoms with Gasteiger partial charge in [-0.3, -0.25) is 0 Å². The molecule has 2 rings (SSSR count). The van der Waals surface area contributed by atoms with Crippen LogP contribution in [0.25, 0.3) is 0 Å². The molecule has 0 bridgehead atoms. The van der Waals surface area contributed by atoms with E-state index in [1.54, 1.807) is 0 Å². The van der Waals surface area contributed by atoms with Gasteiger partial charge in [-0.15, -0.1) is 11.6 Å². The van der Waals surface area contributed by atoms with E-state index in [1.165, 1.54) is 0 Å². The Labute approximate surface area is 81.2 Å². The van der Waals surface area contributed by atoms with Gasteiger partial charge in [0, 0.05) is 0 Å². The minimum atomic E-state index is 0.250. The Hall–Kier alpha value is -0.610. The van der Waals surface area contributed by atoms with E-state index < -0.39 is 0 Å². The second-order valence-corrected chi connectivity index (χ2v) is 3.53. The minimum absolute atomic E-state index is 0.250. The van der Waals surface area contributed by atoms with Gasteiger partial charge in [-0.25, -0.2) is 0 Å². The first-order chi connectivity index (χ1) is 6.29. The van der Waals surface area contributed by atoms with Crippen LogP contribution in [-0.2, 0) is 10.6 Å². The van der Waals surface area contributed by atoms with E-state index in [9.17, 15) is 0 Å². The van der Waals surface area contributed by atoms with E-state index in [4.69, 9.17) is 20.9 Å². The Morgan fingerprint density at radius 1 is 1.62 bits per heavy atom. The minimum Gasteiger partial charge on any atom is -0.378 e. The third-order valence-corrected chi connectivity index (χ3v) is 2.39. The molecule has 0 aromatic carbocycles. The average Bonchev–Trinajstić information content (AvgIpc) is 2.71. The van der Waals surface area contributed by atoms with Crippen LogP contribution in [0.1, 0.15) is 31.0 Å². The lowest BCUT2D eigenvalue weighted by Crippen LogP contribution is -1.98. The summed E-state index contributed by atoms with van der Waals surface area (Å²) in [5.74, 6) is 1.75. The van der Waals surface area contributed by atoms with Crippen LogP contribution in [0.5, 0.6) is 0 Å². The molecule has 4 nitrogen and oxygen atoms in total. The molecule has 13 heavy (non-hydrogen) atoms. The molecular formula is C8H11ClN2O2.